The molecule has 0 aliphatic heterocycles. The van der Waals surface area contributed by atoms with Crippen molar-refractivity contribution in [2.24, 2.45) is 11.8 Å². The van der Waals surface area contributed by atoms with Crippen LogP contribution < -0.4 is 5.32 Å². The van der Waals surface area contributed by atoms with Crippen LogP contribution in [0, 0.1) is 11.8 Å². The predicted octanol–water partition coefficient (Wildman–Crippen LogP) is 6.02. The summed E-state index contributed by atoms with van der Waals surface area (Å²) in [6, 6.07) is 4.78. The van der Waals surface area contributed by atoms with E-state index in [1.165, 1.54) is 6.42 Å². The molecule has 0 bridgehead atoms. The van der Waals surface area contributed by atoms with Gasteiger partial charge in [0.2, 0.25) is 5.91 Å². The van der Waals surface area contributed by atoms with Crippen LogP contribution in [-0.4, -0.2) is 27.2 Å². The van der Waals surface area contributed by atoms with Crippen LogP contribution in [-0.2, 0) is 11.3 Å². The first-order valence-corrected chi connectivity index (χ1v) is 12.2. The number of nitrogens with one attached hydrogen (secondary N) is 1. The number of halogens is 2. The lowest BCUT2D eigenvalue weighted by atomic mass is 9.80. The number of aromatic nitrogens is 2. The van der Waals surface area contributed by atoms with E-state index in [9.17, 15) is 9.90 Å². The number of carbonyl (C=O) groups excluding carboxylic acids is 1. The third-order valence-corrected chi connectivity index (χ3v) is 6.92. The quantitative estimate of drug-likeness (QED) is 0.475. The monoisotopic (exact) mass is 465 g/mol. The Balaban J connectivity index is 1.82. The van der Waals surface area contributed by atoms with E-state index in [2.05, 4.69) is 19.2 Å². The fourth-order valence-electron chi connectivity index (χ4n) is 4.36. The van der Waals surface area contributed by atoms with Crippen molar-refractivity contribution in [1.82, 2.24) is 14.9 Å². The summed E-state index contributed by atoms with van der Waals surface area (Å²) in [6.45, 7) is 4.91. The van der Waals surface area contributed by atoms with Crippen LogP contribution in [0.2, 0.25) is 10.0 Å². The molecule has 1 fully saturated rings. The zero-order valence-electron chi connectivity index (χ0n) is 18.4. The number of hydrogen-bond acceptors (Lipinski definition) is 3. The zero-order chi connectivity index (χ0) is 22.4. The summed E-state index contributed by atoms with van der Waals surface area (Å²) in [5.41, 5.74) is 1.49. The van der Waals surface area contributed by atoms with Crippen LogP contribution in [0.15, 0.2) is 24.4 Å². The first-order chi connectivity index (χ1) is 15.0. The molecule has 3 rings (SSSR count). The molecule has 0 spiro atoms. The minimum absolute atomic E-state index is 0.0149. The van der Waals surface area contributed by atoms with Gasteiger partial charge in [0, 0.05) is 29.2 Å². The Kier molecular flexibility index (Phi) is 8.82. The second-order valence-corrected chi connectivity index (χ2v) is 9.37. The Bertz CT molecular complexity index is 876. The lowest BCUT2D eigenvalue weighted by Crippen LogP contribution is -2.38. The van der Waals surface area contributed by atoms with Crippen molar-refractivity contribution in [3.05, 3.63) is 40.3 Å². The summed E-state index contributed by atoms with van der Waals surface area (Å²) in [4.78, 5) is 17.7. The van der Waals surface area contributed by atoms with Crippen molar-refractivity contribution in [1.29, 1.82) is 0 Å². The molecular formula is C24H33Cl2N3O2. The summed E-state index contributed by atoms with van der Waals surface area (Å²) in [5, 5.41) is 14.3. The topological polar surface area (TPSA) is 67.2 Å². The average Bonchev–Trinajstić information content (AvgIpc) is 3.19. The third kappa shape index (κ3) is 6.03. The zero-order valence-corrected chi connectivity index (χ0v) is 19.9. The molecule has 0 saturated heterocycles. The van der Waals surface area contributed by atoms with Gasteiger partial charge in [-0.15, -0.1) is 0 Å². The molecule has 1 aliphatic rings. The van der Waals surface area contributed by atoms with E-state index >= 15 is 0 Å². The first-order valence-electron chi connectivity index (χ1n) is 11.4. The van der Waals surface area contributed by atoms with Crippen LogP contribution in [0.3, 0.4) is 0 Å². The smallest absolute Gasteiger partial charge is 0.223 e. The van der Waals surface area contributed by atoms with Gasteiger partial charge in [-0.1, -0.05) is 49.9 Å². The predicted molar refractivity (Wildman–Crippen MR) is 126 cm³/mol. The van der Waals surface area contributed by atoms with E-state index in [4.69, 9.17) is 28.2 Å². The largest absolute Gasteiger partial charge is 0.394 e. The molecule has 1 aromatic heterocycles. The molecule has 1 aromatic carbocycles. The number of unbranched alkanes of at least 4 members (excludes halogenated alkanes) is 1. The van der Waals surface area contributed by atoms with Crippen molar-refractivity contribution < 1.29 is 9.90 Å². The van der Waals surface area contributed by atoms with Crippen LogP contribution in [0.4, 0.5) is 0 Å². The van der Waals surface area contributed by atoms with Gasteiger partial charge >= 0.3 is 0 Å². The SMILES string of the molecule is CCCCn1cc(-c2ccc(Cl)cc2Cl)nc1[C@@H](CO)NC(=O)C1CCC(CC)CC1. The van der Waals surface area contributed by atoms with Crippen molar-refractivity contribution >= 4 is 29.1 Å². The molecule has 1 aliphatic carbocycles. The molecule has 0 unspecified atom stereocenters. The Morgan fingerprint density at radius 2 is 2.00 bits per heavy atom. The second kappa shape index (κ2) is 11.3. The average molecular weight is 466 g/mol. The fraction of sp³-hybridized carbons (Fsp3) is 0.583. The van der Waals surface area contributed by atoms with E-state index in [0.717, 1.165) is 56.6 Å². The number of amides is 1. The minimum Gasteiger partial charge on any atom is -0.394 e. The van der Waals surface area contributed by atoms with Gasteiger partial charge in [0.25, 0.3) is 0 Å². The van der Waals surface area contributed by atoms with Gasteiger partial charge in [0.1, 0.15) is 11.9 Å². The van der Waals surface area contributed by atoms with Gasteiger partial charge in [-0.3, -0.25) is 4.79 Å². The highest BCUT2D eigenvalue weighted by atomic mass is 35.5. The summed E-state index contributed by atoms with van der Waals surface area (Å²) in [7, 11) is 0. The summed E-state index contributed by atoms with van der Waals surface area (Å²) < 4.78 is 2.03. The molecule has 1 amide bonds. The Morgan fingerprint density at radius 3 is 2.61 bits per heavy atom. The first kappa shape index (κ1) is 24.1. The molecule has 5 nitrogen and oxygen atoms in total. The number of benzene rings is 1. The normalized spacial score (nSPS) is 19.9. The number of aryl methyl sites for hydroxylation is 1. The fourth-order valence-corrected chi connectivity index (χ4v) is 4.86. The van der Waals surface area contributed by atoms with Crippen LogP contribution in [0.5, 0.6) is 0 Å². The Morgan fingerprint density at radius 1 is 1.26 bits per heavy atom. The molecule has 1 heterocycles. The van der Waals surface area contributed by atoms with Crippen molar-refractivity contribution in [3.63, 3.8) is 0 Å². The molecule has 31 heavy (non-hydrogen) atoms. The number of carbonyl (C=O) groups is 1. The van der Waals surface area contributed by atoms with Crippen molar-refractivity contribution in [2.75, 3.05) is 6.61 Å². The second-order valence-electron chi connectivity index (χ2n) is 8.53. The van der Waals surface area contributed by atoms with E-state index < -0.39 is 6.04 Å². The summed E-state index contributed by atoms with van der Waals surface area (Å²) in [5.74, 6) is 1.43. The van der Waals surface area contributed by atoms with Crippen LogP contribution in [0.1, 0.15) is 70.7 Å². The van der Waals surface area contributed by atoms with Crippen LogP contribution in [0.25, 0.3) is 11.3 Å². The van der Waals surface area contributed by atoms with Crippen LogP contribution >= 0.6 is 23.2 Å². The van der Waals surface area contributed by atoms with E-state index in [1.807, 2.05) is 16.8 Å². The van der Waals surface area contributed by atoms with Crippen molar-refractivity contribution in [3.8, 4) is 11.3 Å². The van der Waals surface area contributed by atoms with Gasteiger partial charge in [0.15, 0.2) is 0 Å². The number of aliphatic hydroxyl groups excluding tert-OH is 1. The van der Waals surface area contributed by atoms with Crippen molar-refractivity contribution in [2.45, 2.75) is 71.4 Å². The maximum Gasteiger partial charge on any atom is 0.223 e. The van der Waals surface area contributed by atoms with Gasteiger partial charge in [-0.2, -0.15) is 0 Å². The Labute approximate surface area is 195 Å². The molecule has 1 atom stereocenters. The van der Waals surface area contributed by atoms with Gasteiger partial charge in [-0.25, -0.2) is 4.98 Å². The van der Waals surface area contributed by atoms with Gasteiger partial charge in [-0.05, 0) is 56.2 Å². The molecule has 0 radical (unpaired) electrons. The highest BCUT2D eigenvalue weighted by molar-refractivity contribution is 6.36. The maximum atomic E-state index is 12.9. The minimum atomic E-state index is -0.548. The number of rotatable bonds is 9. The summed E-state index contributed by atoms with van der Waals surface area (Å²) in [6.07, 6.45) is 9.16. The van der Waals surface area contributed by atoms with E-state index in [0.29, 0.717) is 21.6 Å². The number of aliphatic hydroxyl groups is 1. The number of imidazole rings is 1. The third-order valence-electron chi connectivity index (χ3n) is 6.37. The summed E-state index contributed by atoms with van der Waals surface area (Å²) >= 11 is 12.4. The molecule has 170 valence electrons. The lowest BCUT2D eigenvalue weighted by molar-refractivity contribution is -0.127. The molecule has 7 heteroatoms. The highest BCUT2D eigenvalue weighted by Crippen LogP contribution is 2.33. The number of nitrogens with zero attached hydrogens (tertiary/aromatic N) is 2. The van der Waals surface area contributed by atoms with Gasteiger partial charge in [0.05, 0.1) is 17.3 Å². The molecule has 1 saturated carbocycles. The van der Waals surface area contributed by atoms with Gasteiger partial charge < -0.3 is 15.0 Å². The maximum absolute atomic E-state index is 12.9. The lowest BCUT2D eigenvalue weighted by Gasteiger charge is -2.28. The Hall–Kier alpha value is -1.56. The molecule has 2 N–H and O–H groups in total. The van der Waals surface area contributed by atoms with E-state index in [-0.39, 0.29) is 18.4 Å². The highest BCUT2D eigenvalue weighted by Gasteiger charge is 2.29. The molecule has 2 aromatic rings. The standard InChI is InChI=1S/C24H33Cl2N3O2/c1-3-5-12-29-14-21(19-11-10-18(25)13-20(19)26)27-23(29)22(15-30)28-24(31)17-8-6-16(4-2)7-9-17/h10-11,13-14,16-17,22,30H,3-9,12,15H2,1-2H3,(H,28,31)/t16?,17?,22-/m1/s1. The number of hydrogen-bond donors (Lipinski definition) is 2. The van der Waals surface area contributed by atoms with E-state index in [1.54, 1.807) is 12.1 Å². The molecular weight excluding hydrogens is 433 g/mol.